The van der Waals surface area contributed by atoms with Crippen LogP contribution in [0.15, 0.2) is 34.5 Å². The first-order valence-corrected chi connectivity index (χ1v) is 17.4. The Balaban J connectivity index is 1.36. The van der Waals surface area contributed by atoms with E-state index >= 15 is 0 Å². The summed E-state index contributed by atoms with van der Waals surface area (Å²) in [6.07, 6.45) is -3.60. The third-order valence-corrected chi connectivity index (χ3v) is 9.42. The number of nitrogens with one attached hydrogen (secondary N) is 2. The summed E-state index contributed by atoms with van der Waals surface area (Å²) in [5, 5.41) is 2.80. The molecule has 21 heteroatoms. The van der Waals surface area contributed by atoms with Crippen molar-refractivity contribution in [3.8, 4) is 0 Å². The maximum absolute atomic E-state index is 13.6. The van der Waals surface area contributed by atoms with Gasteiger partial charge in [0.15, 0.2) is 23.9 Å². The van der Waals surface area contributed by atoms with Crippen LogP contribution in [-0.4, -0.2) is 110 Å². The van der Waals surface area contributed by atoms with Crippen molar-refractivity contribution >= 4 is 30.7 Å². The van der Waals surface area contributed by atoms with Gasteiger partial charge in [-0.25, -0.2) is 24.3 Å². The smallest absolute Gasteiger partial charge is 0.382 e. The van der Waals surface area contributed by atoms with Gasteiger partial charge in [-0.05, 0) is 27.7 Å². The van der Waals surface area contributed by atoms with Gasteiger partial charge in [-0.15, -0.1) is 0 Å². The van der Waals surface area contributed by atoms with Gasteiger partial charge >= 0.3 is 13.5 Å². The molecule has 5 N–H and O–H groups in total. The number of phosphoric acid groups is 1. The Kier molecular flexibility index (Phi) is 11.9. The van der Waals surface area contributed by atoms with E-state index in [4.69, 9.17) is 38.5 Å². The molecular formula is C29H43N8O12P. The molecule has 0 bridgehead atoms. The zero-order valence-electron chi connectivity index (χ0n) is 28.4. The van der Waals surface area contributed by atoms with Gasteiger partial charge in [-0.3, -0.25) is 32.8 Å². The standard InChI is InChI=1S/C29H43N8O12P/c1-14(2)45-11-18-16(22(43-5)27(47-18)37-13-34-21-25(30)32-12-33-26(21)37)9-20(39)31-10-17-23(49-50(41,42)48-15(3)4)24(44-6)28(46-17)36-8-7-19(38)35-29(36)40/h7-8,12-18,22-24,27-28H,9-11H2,1-6H3,(H,31,39)(H,41,42)(H2,30,32,33)(H,35,38,40)/t16-,17-,18-,22-,23-,24-,27-,28-/m1/s1. The zero-order valence-corrected chi connectivity index (χ0v) is 29.3. The molecule has 1 unspecified atom stereocenters. The van der Waals surface area contributed by atoms with E-state index in [1.54, 1.807) is 18.4 Å². The molecule has 5 rings (SSSR count). The molecule has 2 fully saturated rings. The van der Waals surface area contributed by atoms with Gasteiger partial charge < -0.3 is 39.6 Å². The summed E-state index contributed by atoms with van der Waals surface area (Å²) in [6.45, 7) is 6.78. The van der Waals surface area contributed by atoms with Crippen LogP contribution in [0.4, 0.5) is 5.82 Å². The molecule has 5 heterocycles. The number of carbonyl (C=O) groups excluding carboxylic acids is 1. The van der Waals surface area contributed by atoms with E-state index in [0.29, 0.717) is 11.2 Å². The highest BCUT2D eigenvalue weighted by molar-refractivity contribution is 7.47. The number of carbonyl (C=O) groups is 1. The van der Waals surface area contributed by atoms with E-state index in [0.717, 1.165) is 10.6 Å². The number of imidazole rings is 1. The van der Waals surface area contributed by atoms with Crippen molar-refractivity contribution in [3.63, 3.8) is 0 Å². The number of rotatable bonds is 15. The normalized spacial score (nSPS) is 28.1. The van der Waals surface area contributed by atoms with E-state index in [-0.39, 0.29) is 31.5 Å². The maximum Gasteiger partial charge on any atom is 0.472 e. The lowest BCUT2D eigenvalue weighted by Crippen LogP contribution is -2.43. The van der Waals surface area contributed by atoms with Crippen LogP contribution in [0.25, 0.3) is 11.2 Å². The predicted octanol–water partition coefficient (Wildman–Crippen LogP) is 0.242. The van der Waals surface area contributed by atoms with Crippen LogP contribution >= 0.6 is 7.82 Å². The number of amides is 1. The number of nitrogens with two attached hydrogens (primary N) is 1. The largest absolute Gasteiger partial charge is 0.472 e. The zero-order chi connectivity index (χ0) is 36.3. The van der Waals surface area contributed by atoms with Gasteiger partial charge in [0.25, 0.3) is 5.56 Å². The molecule has 0 aliphatic carbocycles. The second-order valence-electron chi connectivity index (χ2n) is 12.4. The summed E-state index contributed by atoms with van der Waals surface area (Å²) >= 11 is 0. The van der Waals surface area contributed by atoms with Crippen molar-refractivity contribution in [2.75, 3.05) is 33.1 Å². The molecule has 1 amide bonds. The molecule has 3 aromatic rings. The monoisotopic (exact) mass is 726 g/mol. The molecule has 0 saturated carbocycles. The Morgan fingerprint density at radius 1 is 1.04 bits per heavy atom. The third-order valence-electron chi connectivity index (χ3n) is 8.23. The quantitative estimate of drug-likeness (QED) is 0.153. The van der Waals surface area contributed by atoms with Crippen molar-refractivity contribution in [1.82, 2.24) is 34.4 Å². The maximum atomic E-state index is 13.6. The van der Waals surface area contributed by atoms with E-state index in [1.807, 2.05) is 13.8 Å². The highest BCUT2D eigenvalue weighted by Gasteiger charge is 2.51. The summed E-state index contributed by atoms with van der Waals surface area (Å²) in [7, 11) is -1.87. The fourth-order valence-corrected chi connectivity index (χ4v) is 7.24. The van der Waals surface area contributed by atoms with Crippen molar-refractivity contribution in [1.29, 1.82) is 0 Å². The fourth-order valence-electron chi connectivity index (χ4n) is 6.10. The predicted molar refractivity (Wildman–Crippen MR) is 174 cm³/mol. The van der Waals surface area contributed by atoms with Gasteiger partial charge in [-0.2, -0.15) is 0 Å². The molecular weight excluding hydrogens is 683 g/mol. The molecule has 3 aromatic heterocycles. The number of anilines is 1. The van der Waals surface area contributed by atoms with E-state index < -0.39 is 80.0 Å². The number of nitrogen functional groups attached to an aromatic ring is 1. The first-order valence-electron chi connectivity index (χ1n) is 15.9. The molecule has 276 valence electrons. The first-order chi connectivity index (χ1) is 23.7. The molecule has 2 aliphatic rings. The number of hydrogen-bond donors (Lipinski definition) is 4. The highest BCUT2D eigenvalue weighted by atomic mass is 31.2. The average Bonchev–Trinajstić information content (AvgIpc) is 3.71. The van der Waals surface area contributed by atoms with E-state index in [9.17, 15) is 23.8 Å². The van der Waals surface area contributed by atoms with Crippen LogP contribution in [0.3, 0.4) is 0 Å². The van der Waals surface area contributed by atoms with Gasteiger partial charge in [-0.1, -0.05) is 0 Å². The summed E-state index contributed by atoms with van der Waals surface area (Å²) < 4.78 is 56.1. The lowest BCUT2D eigenvalue weighted by molar-refractivity contribution is -0.124. The summed E-state index contributed by atoms with van der Waals surface area (Å²) in [5.41, 5.74) is 5.36. The minimum atomic E-state index is -4.67. The second-order valence-corrected chi connectivity index (χ2v) is 13.7. The van der Waals surface area contributed by atoms with Gasteiger partial charge in [0.05, 0.1) is 31.2 Å². The number of hydrogen-bond acceptors (Lipinski definition) is 15. The van der Waals surface area contributed by atoms with Gasteiger partial charge in [0.2, 0.25) is 5.91 Å². The van der Waals surface area contributed by atoms with Crippen molar-refractivity contribution in [3.05, 3.63) is 45.8 Å². The summed E-state index contributed by atoms with van der Waals surface area (Å²) in [4.78, 5) is 63.2. The Bertz CT molecular complexity index is 1800. The topological polar surface area (TPSA) is 255 Å². The van der Waals surface area contributed by atoms with Crippen LogP contribution in [-0.2, 0) is 42.1 Å². The number of methoxy groups -OCH3 is 2. The summed E-state index contributed by atoms with van der Waals surface area (Å²) in [6, 6.07) is 1.11. The molecule has 2 saturated heterocycles. The van der Waals surface area contributed by atoms with Crippen LogP contribution in [0.1, 0.15) is 46.6 Å². The molecule has 0 spiro atoms. The van der Waals surface area contributed by atoms with E-state index in [1.165, 1.54) is 33.1 Å². The van der Waals surface area contributed by atoms with E-state index in [2.05, 4.69) is 25.3 Å². The van der Waals surface area contributed by atoms with Gasteiger partial charge in [0, 0.05) is 45.4 Å². The third kappa shape index (κ3) is 8.30. The lowest BCUT2D eigenvalue weighted by Gasteiger charge is -2.26. The molecule has 0 radical (unpaired) electrons. The Morgan fingerprint density at radius 2 is 1.74 bits per heavy atom. The Labute approximate surface area is 286 Å². The molecule has 9 atom stereocenters. The average molecular weight is 727 g/mol. The molecule has 2 aliphatic heterocycles. The number of ether oxygens (including phenoxy) is 5. The van der Waals surface area contributed by atoms with Crippen molar-refractivity contribution in [2.24, 2.45) is 5.92 Å². The highest BCUT2D eigenvalue weighted by Crippen LogP contribution is 2.49. The number of nitrogens with zero attached hydrogens (tertiary/aromatic N) is 5. The van der Waals surface area contributed by atoms with Crippen LogP contribution in [0.2, 0.25) is 0 Å². The SMILES string of the molecule is CO[C@@H]1[C@H](OP(=O)(O)OC(C)C)[C@@H](CNC(=O)C[C@H]2[C@@H](OC)[C@H](n3cnc4c(N)ncnc43)O[C@@H]2COC(C)C)O[C@H]1n1ccc(=O)[nH]c1=O. The second kappa shape index (κ2) is 15.7. The lowest BCUT2D eigenvalue weighted by atomic mass is 9.93. The molecule has 50 heavy (non-hydrogen) atoms. The van der Waals surface area contributed by atoms with Gasteiger partial charge in [0.1, 0.15) is 36.3 Å². The number of H-pyrrole nitrogens is 1. The first kappa shape index (κ1) is 37.7. The van der Waals surface area contributed by atoms with Crippen LogP contribution < -0.4 is 22.3 Å². The minimum absolute atomic E-state index is 0.0887. The fraction of sp³-hybridized carbons (Fsp3) is 0.655. The molecule has 20 nitrogen and oxygen atoms in total. The number of aromatic nitrogens is 6. The summed E-state index contributed by atoms with van der Waals surface area (Å²) in [5.74, 6) is -0.762. The van der Waals surface area contributed by atoms with Crippen LogP contribution in [0, 0.1) is 5.92 Å². The Hall–Kier alpha value is -3.59. The Morgan fingerprint density at radius 3 is 2.40 bits per heavy atom. The number of aromatic amines is 1. The number of fused-ring (bicyclic) bond motifs is 1. The van der Waals surface area contributed by atoms with Crippen molar-refractivity contribution < 1.29 is 47.0 Å². The molecule has 0 aromatic carbocycles. The van der Waals surface area contributed by atoms with Crippen molar-refractivity contribution in [2.45, 2.75) is 89.3 Å². The van der Waals surface area contributed by atoms with Crippen LogP contribution in [0.5, 0.6) is 0 Å². The number of phosphoric ester groups is 1. The minimum Gasteiger partial charge on any atom is -0.382 e.